The number of carbonyl (C=O) groups excluding carboxylic acids is 1. The number of benzene rings is 2. The van der Waals surface area contributed by atoms with Gasteiger partial charge in [-0.3, -0.25) is 14.2 Å². The molecule has 3 aromatic rings. The molecule has 2 aromatic carbocycles. The van der Waals surface area contributed by atoms with Crippen LogP contribution in [0.4, 0.5) is 0 Å². The lowest BCUT2D eigenvalue weighted by atomic mass is 10.1. The summed E-state index contributed by atoms with van der Waals surface area (Å²) in [6.45, 7) is 5.53. The minimum absolute atomic E-state index is 0.113. The molecule has 0 spiro atoms. The maximum atomic E-state index is 13.3. The lowest BCUT2D eigenvalue weighted by molar-refractivity contribution is 0.0951. The monoisotopic (exact) mass is 434 g/mol. The molecule has 32 heavy (non-hydrogen) atoms. The molecule has 7 heteroatoms. The van der Waals surface area contributed by atoms with Gasteiger partial charge in [-0.1, -0.05) is 13.0 Å². The number of aromatic nitrogens is 2. The van der Waals surface area contributed by atoms with Gasteiger partial charge in [-0.15, -0.1) is 0 Å². The zero-order valence-electron chi connectivity index (χ0n) is 19.1. The smallest absolute Gasteiger partial charge is 0.265 e. The third-order valence-electron chi connectivity index (χ3n) is 5.58. The number of rotatable bonds is 8. The number of carbonyl (C=O) groups is 1. The summed E-state index contributed by atoms with van der Waals surface area (Å²) in [6.07, 6.45) is 3.57. The van der Waals surface area contributed by atoms with Crippen LogP contribution in [0.15, 0.2) is 47.5 Å². The normalized spacial score (nSPS) is 14.5. The molecular weight excluding hydrogens is 404 g/mol. The average molecular weight is 435 g/mol. The van der Waals surface area contributed by atoms with Crippen LogP contribution in [0.5, 0.6) is 5.75 Å². The first-order valence-electron chi connectivity index (χ1n) is 11.0. The van der Waals surface area contributed by atoms with Gasteiger partial charge in [0.25, 0.3) is 11.5 Å². The van der Waals surface area contributed by atoms with E-state index in [1.807, 2.05) is 33.2 Å². The Balaban J connectivity index is 1.64. The van der Waals surface area contributed by atoms with Crippen LogP contribution < -0.4 is 15.6 Å². The molecule has 1 heterocycles. The Morgan fingerprint density at radius 2 is 2.03 bits per heavy atom. The van der Waals surface area contributed by atoms with E-state index in [0.29, 0.717) is 40.4 Å². The molecule has 1 aromatic heterocycles. The van der Waals surface area contributed by atoms with E-state index in [4.69, 9.17) is 4.74 Å². The third kappa shape index (κ3) is 4.99. The minimum atomic E-state index is -0.190. The molecular formula is C25H30N4O3. The Labute approximate surface area is 188 Å². The number of nitrogens with zero attached hydrogens (tertiary/aromatic N) is 3. The second-order valence-electron chi connectivity index (χ2n) is 9.03. The van der Waals surface area contributed by atoms with Crippen molar-refractivity contribution in [2.45, 2.75) is 32.7 Å². The Morgan fingerprint density at radius 3 is 2.75 bits per heavy atom. The van der Waals surface area contributed by atoms with Crippen molar-refractivity contribution in [2.75, 3.05) is 27.2 Å². The molecule has 1 unspecified atom stereocenters. The topological polar surface area (TPSA) is 76.5 Å². The van der Waals surface area contributed by atoms with Crippen molar-refractivity contribution in [3.63, 3.8) is 0 Å². The summed E-state index contributed by atoms with van der Waals surface area (Å²) in [4.78, 5) is 32.4. The highest BCUT2D eigenvalue weighted by molar-refractivity contribution is 5.95. The summed E-state index contributed by atoms with van der Waals surface area (Å²) in [6, 6.07) is 11.1. The van der Waals surface area contributed by atoms with Gasteiger partial charge in [-0.25, -0.2) is 4.98 Å². The zero-order chi connectivity index (χ0) is 22.8. The summed E-state index contributed by atoms with van der Waals surface area (Å²) < 4.78 is 7.44. The quantitative estimate of drug-likeness (QED) is 0.589. The van der Waals surface area contributed by atoms with Crippen molar-refractivity contribution >= 4 is 16.8 Å². The van der Waals surface area contributed by atoms with E-state index in [9.17, 15) is 9.59 Å². The molecule has 1 aliphatic carbocycles. The predicted molar refractivity (Wildman–Crippen MR) is 126 cm³/mol. The zero-order valence-corrected chi connectivity index (χ0v) is 19.1. The van der Waals surface area contributed by atoms with Gasteiger partial charge in [0.1, 0.15) is 12.1 Å². The summed E-state index contributed by atoms with van der Waals surface area (Å²) in [5.74, 6) is 0.894. The van der Waals surface area contributed by atoms with E-state index in [1.165, 1.54) is 10.9 Å². The van der Waals surface area contributed by atoms with Crippen molar-refractivity contribution in [1.29, 1.82) is 0 Å². The van der Waals surface area contributed by atoms with Crippen LogP contribution in [0.3, 0.4) is 0 Å². The highest BCUT2D eigenvalue weighted by Gasteiger charge is 2.24. The number of fused-ring (bicyclic) bond motifs is 1. The van der Waals surface area contributed by atoms with Crippen molar-refractivity contribution < 1.29 is 9.53 Å². The van der Waals surface area contributed by atoms with E-state index in [-0.39, 0.29) is 17.5 Å². The van der Waals surface area contributed by atoms with E-state index < -0.39 is 0 Å². The van der Waals surface area contributed by atoms with E-state index in [2.05, 4.69) is 22.1 Å². The number of ether oxygens (including phenoxy) is 1. The maximum absolute atomic E-state index is 13.3. The predicted octanol–water partition coefficient (Wildman–Crippen LogP) is 3.16. The fourth-order valence-corrected chi connectivity index (χ4v) is 3.78. The molecule has 4 rings (SSSR count). The number of amides is 1. The Kier molecular flexibility index (Phi) is 6.28. The van der Waals surface area contributed by atoms with Crippen LogP contribution in [0, 0.1) is 12.8 Å². The van der Waals surface area contributed by atoms with Crippen LogP contribution in [-0.2, 0) is 0 Å². The van der Waals surface area contributed by atoms with Gasteiger partial charge in [0.05, 0.1) is 23.2 Å². The Bertz CT molecular complexity index is 1200. The maximum Gasteiger partial charge on any atom is 0.265 e. The molecule has 7 nitrogen and oxygen atoms in total. The second kappa shape index (κ2) is 9.12. The molecule has 0 saturated heterocycles. The number of hydrogen-bond donors (Lipinski definition) is 1. The molecule has 168 valence electrons. The van der Waals surface area contributed by atoms with Gasteiger partial charge in [-0.2, -0.15) is 0 Å². The summed E-state index contributed by atoms with van der Waals surface area (Å²) >= 11 is 0. The number of aryl methyl sites for hydroxylation is 1. The van der Waals surface area contributed by atoms with Crippen molar-refractivity contribution in [2.24, 2.45) is 5.92 Å². The second-order valence-corrected chi connectivity index (χ2v) is 9.03. The highest BCUT2D eigenvalue weighted by atomic mass is 16.5. The van der Waals surface area contributed by atoms with Crippen LogP contribution in [0.2, 0.25) is 0 Å². The van der Waals surface area contributed by atoms with Crippen LogP contribution >= 0.6 is 0 Å². The minimum Gasteiger partial charge on any atom is -0.493 e. The lowest BCUT2D eigenvalue weighted by Gasteiger charge is -2.17. The van der Waals surface area contributed by atoms with Crippen molar-refractivity contribution in [3.8, 4) is 11.4 Å². The first-order valence-corrected chi connectivity index (χ1v) is 11.0. The molecule has 1 saturated carbocycles. The third-order valence-corrected chi connectivity index (χ3v) is 5.58. The summed E-state index contributed by atoms with van der Waals surface area (Å²) in [7, 11) is 4.07. The van der Waals surface area contributed by atoms with Gasteiger partial charge in [0.15, 0.2) is 0 Å². The summed E-state index contributed by atoms with van der Waals surface area (Å²) in [5.41, 5.74) is 2.50. The molecule has 0 radical (unpaired) electrons. The van der Waals surface area contributed by atoms with Gasteiger partial charge < -0.3 is 15.0 Å². The SMILES string of the molecule is Cc1ccc(C(=O)NC2CC2)cc1-n1cnc2ccc(OCC(C)CN(C)C)cc2c1=O. The lowest BCUT2D eigenvalue weighted by Crippen LogP contribution is -2.26. The molecule has 0 aliphatic heterocycles. The highest BCUT2D eigenvalue weighted by Crippen LogP contribution is 2.22. The van der Waals surface area contributed by atoms with Crippen molar-refractivity contribution in [1.82, 2.24) is 19.8 Å². The van der Waals surface area contributed by atoms with E-state index in [1.54, 1.807) is 24.3 Å². The Hall–Kier alpha value is -3.19. The molecule has 1 N–H and O–H groups in total. The number of nitrogens with one attached hydrogen (secondary N) is 1. The largest absolute Gasteiger partial charge is 0.493 e. The fourth-order valence-electron chi connectivity index (χ4n) is 3.78. The van der Waals surface area contributed by atoms with Gasteiger partial charge in [0.2, 0.25) is 0 Å². The first kappa shape index (κ1) is 22.0. The molecule has 1 fully saturated rings. The summed E-state index contributed by atoms with van der Waals surface area (Å²) in [5, 5.41) is 3.48. The molecule has 1 amide bonds. The van der Waals surface area contributed by atoms with Crippen LogP contribution in [-0.4, -0.2) is 53.6 Å². The standard InChI is InChI=1S/C25H30N4O3/c1-16(13-28(3)4)14-32-20-9-10-22-21(12-20)25(31)29(15-26-22)23-11-18(6-5-17(23)2)24(30)27-19-7-8-19/h5-6,9-12,15-16,19H,7-8,13-14H2,1-4H3,(H,27,30). The molecule has 1 aliphatic rings. The van der Waals surface area contributed by atoms with Gasteiger partial charge >= 0.3 is 0 Å². The van der Waals surface area contributed by atoms with E-state index >= 15 is 0 Å². The van der Waals surface area contributed by atoms with Gasteiger partial charge in [-0.05, 0) is 69.8 Å². The molecule has 1 atom stereocenters. The van der Waals surface area contributed by atoms with Crippen LogP contribution in [0.25, 0.3) is 16.6 Å². The van der Waals surface area contributed by atoms with E-state index in [0.717, 1.165) is 24.9 Å². The number of hydrogen-bond acceptors (Lipinski definition) is 5. The molecule has 0 bridgehead atoms. The van der Waals surface area contributed by atoms with Crippen LogP contribution in [0.1, 0.15) is 35.7 Å². The van der Waals surface area contributed by atoms with Crippen molar-refractivity contribution in [3.05, 3.63) is 64.2 Å². The average Bonchev–Trinajstić information content (AvgIpc) is 3.57. The van der Waals surface area contributed by atoms with Gasteiger partial charge in [0, 0.05) is 24.1 Å². The fraction of sp³-hybridized carbons (Fsp3) is 0.400. The Morgan fingerprint density at radius 1 is 1.25 bits per heavy atom. The first-order chi connectivity index (χ1) is 15.3.